The van der Waals surface area contributed by atoms with E-state index < -0.39 is 0 Å². The Labute approximate surface area is 137 Å². The number of anilines is 1. The van der Waals surface area contributed by atoms with Crippen LogP contribution in [-0.4, -0.2) is 46.4 Å². The third kappa shape index (κ3) is 3.38. The molecule has 0 radical (unpaired) electrons. The fraction of sp³-hybridized carbons (Fsp3) is 0.529. The second kappa shape index (κ2) is 6.68. The van der Waals surface area contributed by atoms with Crippen molar-refractivity contribution in [1.82, 2.24) is 19.7 Å². The maximum atomic E-state index is 5.94. The number of ether oxygens (including phenoxy) is 1. The summed E-state index contributed by atoms with van der Waals surface area (Å²) in [6.07, 6.45) is 0.0225. The van der Waals surface area contributed by atoms with Crippen LogP contribution >= 0.6 is 0 Å². The highest BCUT2D eigenvalue weighted by Gasteiger charge is 2.24. The minimum absolute atomic E-state index is 0.0225. The summed E-state index contributed by atoms with van der Waals surface area (Å²) in [5, 5.41) is 7.60. The van der Waals surface area contributed by atoms with Crippen molar-refractivity contribution >= 4 is 5.82 Å². The average molecular weight is 315 g/mol. The summed E-state index contributed by atoms with van der Waals surface area (Å²) >= 11 is 0. The molecule has 6 heteroatoms. The lowest BCUT2D eigenvalue weighted by Crippen LogP contribution is -2.38. The molecule has 0 spiro atoms. The Morgan fingerprint density at radius 2 is 2.17 bits per heavy atom. The molecule has 2 aromatic rings. The zero-order valence-corrected chi connectivity index (χ0v) is 14.3. The standard InChI is InChI=1S/C17H25N5O/c1-12-14(13(2)21(4)20-12)10-22-8-9-23-16(11-22)15-6-5-7-17(18-3)19-15/h5-7,16H,8-11H2,1-4H3,(H,18,19). The molecule has 0 bridgehead atoms. The van der Waals surface area contributed by atoms with Crippen molar-refractivity contribution < 1.29 is 4.74 Å². The summed E-state index contributed by atoms with van der Waals surface area (Å²) in [6, 6.07) is 6.02. The fourth-order valence-corrected chi connectivity index (χ4v) is 3.07. The zero-order chi connectivity index (χ0) is 16.4. The van der Waals surface area contributed by atoms with Gasteiger partial charge in [-0.2, -0.15) is 5.10 Å². The highest BCUT2D eigenvalue weighted by molar-refractivity contribution is 5.35. The summed E-state index contributed by atoms with van der Waals surface area (Å²) in [7, 11) is 3.88. The molecular formula is C17H25N5O. The number of nitrogens with zero attached hydrogens (tertiary/aromatic N) is 4. The van der Waals surface area contributed by atoms with Gasteiger partial charge in [-0.3, -0.25) is 9.58 Å². The topological polar surface area (TPSA) is 55.2 Å². The number of aryl methyl sites for hydroxylation is 2. The molecule has 0 aliphatic carbocycles. The lowest BCUT2D eigenvalue weighted by atomic mass is 10.1. The van der Waals surface area contributed by atoms with Crippen molar-refractivity contribution in [1.29, 1.82) is 0 Å². The van der Waals surface area contributed by atoms with Gasteiger partial charge in [-0.15, -0.1) is 0 Å². The summed E-state index contributed by atoms with van der Waals surface area (Å²) < 4.78 is 7.90. The van der Waals surface area contributed by atoms with Crippen LogP contribution in [0.3, 0.4) is 0 Å². The first-order valence-corrected chi connectivity index (χ1v) is 8.06. The number of pyridine rings is 1. The third-order valence-corrected chi connectivity index (χ3v) is 4.55. The van der Waals surface area contributed by atoms with E-state index in [4.69, 9.17) is 4.74 Å². The van der Waals surface area contributed by atoms with Crippen LogP contribution in [0, 0.1) is 13.8 Å². The smallest absolute Gasteiger partial charge is 0.126 e. The van der Waals surface area contributed by atoms with E-state index in [0.29, 0.717) is 0 Å². The number of rotatable bonds is 4. The largest absolute Gasteiger partial charge is 0.373 e. The van der Waals surface area contributed by atoms with E-state index in [0.717, 1.165) is 43.4 Å². The maximum Gasteiger partial charge on any atom is 0.126 e. The molecule has 0 amide bonds. The molecule has 3 heterocycles. The van der Waals surface area contributed by atoms with Gasteiger partial charge in [-0.25, -0.2) is 4.98 Å². The van der Waals surface area contributed by atoms with Gasteiger partial charge in [0.15, 0.2) is 0 Å². The summed E-state index contributed by atoms with van der Waals surface area (Å²) in [6.45, 7) is 7.65. The van der Waals surface area contributed by atoms with Crippen molar-refractivity contribution in [3.05, 3.63) is 40.8 Å². The molecule has 1 N–H and O–H groups in total. The lowest BCUT2D eigenvalue weighted by molar-refractivity contribution is -0.0350. The Morgan fingerprint density at radius 1 is 1.35 bits per heavy atom. The van der Waals surface area contributed by atoms with Crippen molar-refractivity contribution in [3.8, 4) is 0 Å². The maximum absolute atomic E-state index is 5.94. The average Bonchev–Trinajstić information content (AvgIpc) is 2.81. The first-order chi connectivity index (χ1) is 11.1. The number of nitrogens with one attached hydrogen (secondary N) is 1. The molecular weight excluding hydrogens is 290 g/mol. The highest BCUT2D eigenvalue weighted by atomic mass is 16.5. The Bertz CT molecular complexity index is 682. The van der Waals surface area contributed by atoms with E-state index in [9.17, 15) is 0 Å². The normalized spacial score (nSPS) is 19.0. The van der Waals surface area contributed by atoms with E-state index >= 15 is 0 Å². The Balaban J connectivity index is 1.73. The van der Waals surface area contributed by atoms with E-state index in [1.165, 1.54) is 11.3 Å². The predicted octanol–water partition coefficient (Wildman–Crippen LogP) is 2.05. The number of morpholine rings is 1. The molecule has 1 fully saturated rings. The molecule has 1 aliphatic rings. The third-order valence-electron chi connectivity index (χ3n) is 4.55. The van der Waals surface area contributed by atoms with Gasteiger partial charge >= 0.3 is 0 Å². The molecule has 0 aromatic carbocycles. The minimum Gasteiger partial charge on any atom is -0.373 e. The van der Waals surface area contributed by atoms with E-state index in [1.807, 2.05) is 37.0 Å². The van der Waals surface area contributed by atoms with Gasteiger partial charge in [0.25, 0.3) is 0 Å². The van der Waals surface area contributed by atoms with Gasteiger partial charge in [-0.05, 0) is 26.0 Å². The van der Waals surface area contributed by atoms with Gasteiger partial charge in [-0.1, -0.05) is 6.07 Å². The molecule has 124 valence electrons. The van der Waals surface area contributed by atoms with Crippen LogP contribution in [0.5, 0.6) is 0 Å². The molecule has 6 nitrogen and oxygen atoms in total. The molecule has 1 unspecified atom stereocenters. The second-order valence-electron chi connectivity index (χ2n) is 6.07. The van der Waals surface area contributed by atoms with Crippen molar-refractivity contribution in [3.63, 3.8) is 0 Å². The van der Waals surface area contributed by atoms with Crippen LogP contribution in [-0.2, 0) is 18.3 Å². The minimum atomic E-state index is 0.0225. The van der Waals surface area contributed by atoms with Gasteiger partial charge in [0.2, 0.25) is 0 Å². The van der Waals surface area contributed by atoms with Crippen LogP contribution in [0.4, 0.5) is 5.82 Å². The first kappa shape index (κ1) is 16.0. The van der Waals surface area contributed by atoms with Gasteiger partial charge < -0.3 is 10.1 Å². The molecule has 1 aliphatic heterocycles. The van der Waals surface area contributed by atoms with Gasteiger partial charge in [0.05, 0.1) is 18.0 Å². The summed E-state index contributed by atoms with van der Waals surface area (Å²) in [4.78, 5) is 7.05. The number of hydrogen-bond donors (Lipinski definition) is 1. The SMILES string of the molecule is CNc1cccc(C2CN(Cc3c(C)nn(C)c3C)CCO2)n1. The molecule has 1 saturated heterocycles. The van der Waals surface area contributed by atoms with Crippen LogP contribution in [0.1, 0.15) is 28.7 Å². The number of hydrogen-bond acceptors (Lipinski definition) is 5. The van der Waals surface area contributed by atoms with Crippen LogP contribution < -0.4 is 5.32 Å². The lowest BCUT2D eigenvalue weighted by Gasteiger charge is -2.32. The fourth-order valence-electron chi connectivity index (χ4n) is 3.07. The van der Waals surface area contributed by atoms with Crippen molar-refractivity contribution in [2.24, 2.45) is 7.05 Å². The van der Waals surface area contributed by atoms with E-state index in [-0.39, 0.29) is 6.10 Å². The van der Waals surface area contributed by atoms with Gasteiger partial charge in [0.1, 0.15) is 11.9 Å². The molecule has 0 saturated carbocycles. The van der Waals surface area contributed by atoms with Crippen LogP contribution in [0.2, 0.25) is 0 Å². The molecule has 3 rings (SSSR count). The predicted molar refractivity (Wildman–Crippen MR) is 90.4 cm³/mol. The summed E-state index contributed by atoms with van der Waals surface area (Å²) in [5.74, 6) is 0.877. The van der Waals surface area contributed by atoms with Crippen molar-refractivity contribution in [2.75, 3.05) is 32.1 Å². The zero-order valence-electron chi connectivity index (χ0n) is 14.3. The number of aromatic nitrogens is 3. The molecule has 1 atom stereocenters. The first-order valence-electron chi connectivity index (χ1n) is 8.06. The van der Waals surface area contributed by atoms with Gasteiger partial charge in [0, 0.05) is 45.0 Å². The highest BCUT2D eigenvalue weighted by Crippen LogP contribution is 2.24. The second-order valence-corrected chi connectivity index (χ2v) is 6.07. The Kier molecular flexibility index (Phi) is 4.63. The van der Waals surface area contributed by atoms with Crippen molar-refractivity contribution in [2.45, 2.75) is 26.5 Å². The quantitative estimate of drug-likeness (QED) is 0.936. The summed E-state index contributed by atoms with van der Waals surface area (Å²) in [5.41, 5.74) is 4.66. The Hall–Kier alpha value is -1.92. The van der Waals surface area contributed by atoms with E-state index in [1.54, 1.807) is 0 Å². The Morgan fingerprint density at radius 3 is 2.87 bits per heavy atom. The monoisotopic (exact) mass is 315 g/mol. The molecule has 2 aromatic heterocycles. The molecule has 23 heavy (non-hydrogen) atoms. The van der Waals surface area contributed by atoms with Crippen LogP contribution in [0.25, 0.3) is 0 Å². The van der Waals surface area contributed by atoms with Crippen LogP contribution in [0.15, 0.2) is 18.2 Å². The van der Waals surface area contributed by atoms with E-state index in [2.05, 4.69) is 34.1 Å².